The Morgan fingerprint density at radius 1 is 1.25 bits per heavy atom. The molecule has 0 aliphatic rings. The fraction of sp³-hybridized carbons (Fsp3) is 0.500. The molecule has 0 spiro atoms. The normalized spacial score (nSPS) is 11.6. The van der Waals surface area contributed by atoms with E-state index < -0.39 is 21.6 Å². The Morgan fingerprint density at radius 2 is 1.85 bits per heavy atom. The molecule has 1 aromatic rings. The largest absolute Gasteiger partial charge is 0.465 e. The van der Waals surface area contributed by atoms with Crippen LogP contribution in [0.3, 0.4) is 0 Å². The number of esters is 1. The van der Waals surface area contributed by atoms with E-state index >= 15 is 0 Å². The minimum atomic E-state index is -3.51. The van der Waals surface area contributed by atoms with Crippen LogP contribution in [0.2, 0.25) is 0 Å². The summed E-state index contributed by atoms with van der Waals surface area (Å²) in [7, 11) is -3.51. The zero-order valence-electron chi connectivity index (χ0n) is 11.8. The van der Waals surface area contributed by atoms with Gasteiger partial charge in [0.05, 0.1) is 12.4 Å². The van der Waals surface area contributed by atoms with Gasteiger partial charge in [-0.15, -0.1) is 0 Å². The number of nitrogens with two attached hydrogens (primary N) is 1. The smallest absolute Gasteiger partial charge is 0.321 e. The minimum Gasteiger partial charge on any atom is -0.465 e. The number of benzene rings is 1. The highest BCUT2D eigenvalue weighted by molar-refractivity contribution is 7.91. The van der Waals surface area contributed by atoms with Gasteiger partial charge in [-0.2, -0.15) is 0 Å². The summed E-state index contributed by atoms with van der Waals surface area (Å²) < 4.78 is 28.6. The Kier molecular flexibility index (Phi) is 6.01. The van der Waals surface area contributed by atoms with Gasteiger partial charge in [0.2, 0.25) is 0 Å². The third kappa shape index (κ3) is 6.56. The van der Waals surface area contributed by atoms with Crippen LogP contribution in [0.5, 0.6) is 0 Å². The second kappa shape index (κ2) is 7.28. The number of hydrogen-bond acceptors (Lipinski definition) is 5. The van der Waals surface area contributed by atoms with Gasteiger partial charge in [-0.3, -0.25) is 4.79 Å². The Labute approximate surface area is 120 Å². The SMILES string of the molecule is CC(C)CCOC(=O)CS(=O)(=O)Cc1ccc(N)cc1. The molecule has 0 unspecified atom stereocenters. The predicted molar refractivity (Wildman–Crippen MR) is 78.8 cm³/mol. The molecule has 0 aliphatic heterocycles. The van der Waals surface area contributed by atoms with E-state index in [1.165, 1.54) is 0 Å². The van der Waals surface area contributed by atoms with Crippen LogP contribution in [0.1, 0.15) is 25.8 Å². The number of anilines is 1. The van der Waals surface area contributed by atoms with Crippen molar-refractivity contribution in [1.29, 1.82) is 0 Å². The molecule has 1 rings (SSSR count). The van der Waals surface area contributed by atoms with E-state index in [-0.39, 0.29) is 12.4 Å². The molecule has 0 saturated heterocycles. The van der Waals surface area contributed by atoms with Crippen LogP contribution in [-0.4, -0.2) is 26.7 Å². The summed E-state index contributed by atoms with van der Waals surface area (Å²) in [6, 6.07) is 6.53. The third-order valence-electron chi connectivity index (χ3n) is 2.66. The summed E-state index contributed by atoms with van der Waals surface area (Å²) in [4.78, 5) is 11.5. The van der Waals surface area contributed by atoms with E-state index in [0.717, 1.165) is 6.42 Å². The first kappa shape index (κ1) is 16.5. The molecule has 0 aliphatic carbocycles. The maximum absolute atomic E-state index is 11.9. The van der Waals surface area contributed by atoms with Crippen molar-refractivity contribution in [2.75, 3.05) is 18.1 Å². The zero-order chi connectivity index (χ0) is 15.2. The topological polar surface area (TPSA) is 86.5 Å². The van der Waals surface area contributed by atoms with Gasteiger partial charge in [-0.05, 0) is 30.0 Å². The molecule has 0 saturated carbocycles. The number of rotatable bonds is 7. The predicted octanol–water partition coefficient (Wildman–Crippen LogP) is 1.77. The van der Waals surface area contributed by atoms with Crippen molar-refractivity contribution in [3.63, 3.8) is 0 Å². The Hall–Kier alpha value is -1.56. The summed E-state index contributed by atoms with van der Waals surface area (Å²) >= 11 is 0. The molecular weight excluding hydrogens is 278 g/mol. The maximum atomic E-state index is 11.9. The second-order valence-electron chi connectivity index (χ2n) is 5.18. The van der Waals surface area contributed by atoms with Crippen molar-refractivity contribution in [3.05, 3.63) is 29.8 Å². The Bertz CT molecular complexity index is 535. The number of hydrogen-bond donors (Lipinski definition) is 1. The minimum absolute atomic E-state index is 0.188. The molecule has 0 fully saturated rings. The Balaban J connectivity index is 2.48. The summed E-state index contributed by atoms with van der Waals surface area (Å²) in [6.07, 6.45) is 0.726. The Morgan fingerprint density at radius 3 is 2.40 bits per heavy atom. The van der Waals surface area contributed by atoms with Crippen LogP contribution in [0, 0.1) is 5.92 Å². The van der Waals surface area contributed by atoms with Crippen molar-refractivity contribution in [2.24, 2.45) is 5.92 Å². The molecule has 1 aromatic carbocycles. The lowest BCUT2D eigenvalue weighted by Crippen LogP contribution is -2.20. The molecule has 0 bridgehead atoms. The molecule has 0 radical (unpaired) electrons. The first-order valence-electron chi connectivity index (χ1n) is 6.49. The van der Waals surface area contributed by atoms with Crippen LogP contribution in [0.15, 0.2) is 24.3 Å². The van der Waals surface area contributed by atoms with Crippen molar-refractivity contribution < 1.29 is 17.9 Å². The van der Waals surface area contributed by atoms with E-state index in [1.54, 1.807) is 24.3 Å². The lowest BCUT2D eigenvalue weighted by Gasteiger charge is -2.07. The third-order valence-corrected chi connectivity index (χ3v) is 4.11. The van der Waals surface area contributed by atoms with Gasteiger partial charge in [-0.25, -0.2) is 8.42 Å². The number of nitrogen functional groups attached to an aromatic ring is 1. The van der Waals surface area contributed by atoms with E-state index in [9.17, 15) is 13.2 Å². The van der Waals surface area contributed by atoms with Crippen LogP contribution in [0.4, 0.5) is 5.69 Å². The molecule has 6 heteroatoms. The number of sulfone groups is 1. The second-order valence-corrected chi connectivity index (χ2v) is 7.24. The lowest BCUT2D eigenvalue weighted by molar-refractivity contribution is -0.140. The quantitative estimate of drug-likeness (QED) is 0.612. The van der Waals surface area contributed by atoms with E-state index in [0.29, 0.717) is 17.2 Å². The first-order valence-corrected chi connectivity index (χ1v) is 8.31. The average Bonchev–Trinajstić information content (AvgIpc) is 2.30. The monoisotopic (exact) mass is 299 g/mol. The summed E-state index contributed by atoms with van der Waals surface area (Å²) in [5.41, 5.74) is 6.70. The highest BCUT2D eigenvalue weighted by atomic mass is 32.2. The van der Waals surface area contributed by atoms with Crippen molar-refractivity contribution >= 4 is 21.5 Å². The number of ether oxygens (including phenoxy) is 1. The summed E-state index contributed by atoms with van der Waals surface area (Å²) in [5.74, 6) is -1.06. The van der Waals surface area contributed by atoms with Crippen molar-refractivity contribution in [1.82, 2.24) is 0 Å². The molecule has 0 aromatic heterocycles. The standard InChI is InChI=1S/C14H21NO4S/c1-11(2)7-8-19-14(16)10-20(17,18)9-12-3-5-13(15)6-4-12/h3-6,11H,7-10,15H2,1-2H3. The van der Waals surface area contributed by atoms with E-state index in [1.807, 2.05) is 13.8 Å². The molecule has 20 heavy (non-hydrogen) atoms. The lowest BCUT2D eigenvalue weighted by atomic mass is 10.1. The van der Waals surface area contributed by atoms with Gasteiger partial charge >= 0.3 is 5.97 Å². The molecule has 2 N–H and O–H groups in total. The van der Waals surface area contributed by atoms with Crippen molar-refractivity contribution in [2.45, 2.75) is 26.0 Å². The highest BCUT2D eigenvalue weighted by Gasteiger charge is 2.18. The van der Waals surface area contributed by atoms with E-state index in [4.69, 9.17) is 10.5 Å². The van der Waals surface area contributed by atoms with Gasteiger partial charge in [0.1, 0.15) is 5.75 Å². The summed E-state index contributed by atoms with van der Waals surface area (Å²) in [6.45, 7) is 4.27. The highest BCUT2D eigenvalue weighted by Crippen LogP contribution is 2.10. The van der Waals surface area contributed by atoms with Crippen LogP contribution >= 0.6 is 0 Å². The van der Waals surface area contributed by atoms with Gasteiger partial charge < -0.3 is 10.5 Å². The molecule has 0 atom stereocenters. The summed E-state index contributed by atoms with van der Waals surface area (Å²) in [5, 5.41) is 0. The molecular formula is C14H21NO4S. The van der Waals surface area contributed by atoms with Crippen LogP contribution < -0.4 is 5.73 Å². The molecule has 112 valence electrons. The van der Waals surface area contributed by atoms with Crippen LogP contribution in [0.25, 0.3) is 0 Å². The van der Waals surface area contributed by atoms with Crippen LogP contribution in [-0.2, 0) is 25.1 Å². The van der Waals surface area contributed by atoms with Gasteiger partial charge in [0, 0.05) is 5.69 Å². The number of carbonyl (C=O) groups excluding carboxylic acids is 1. The van der Waals surface area contributed by atoms with Gasteiger partial charge in [-0.1, -0.05) is 26.0 Å². The molecule has 0 heterocycles. The van der Waals surface area contributed by atoms with E-state index in [2.05, 4.69) is 0 Å². The maximum Gasteiger partial charge on any atom is 0.321 e. The number of carbonyl (C=O) groups is 1. The van der Waals surface area contributed by atoms with Crippen molar-refractivity contribution in [3.8, 4) is 0 Å². The fourth-order valence-electron chi connectivity index (χ4n) is 1.55. The van der Waals surface area contributed by atoms with Gasteiger partial charge in [0.15, 0.2) is 9.84 Å². The fourth-order valence-corrected chi connectivity index (χ4v) is 2.79. The first-order chi connectivity index (χ1) is 9.28. The zero-order valence-corrected chi connectivity index (χ0v) is 12.7. The molecule has 5 nitrogen and oxygen atoms in total. The molecule has 0 amide bonds. The van der Waals surface area contributed by atoms with Gasteiger partial charge in [0.25, 0.3) is 0 Å². The average molecular weight is 299 g/mol.